The van der Waals surface area contributed by atoms with Gasteiger partial charge in [0, 0.05) is 36.4 Å². The molecule has 0 spiro atoms. The summed E-state index contributed by atoms with van der Waals surface area (Å²) in [5.41, 5.74) is 0. The van der Waals surface area contributed by atoms with E-state index in [1.165, 1.54) is 0 Å². The second-order valence-corrected chi connectivity index (χ2v) is 6.41. The van der Waals surface area contributed by atoms with E-state index >= 15 is 0 Å². The number of nitrogens with one attached hydrogen (secondary N) is 1. The molecule has 0 aromatic carbocycles. The second kappa shape index (κ2) is 7.41. The van der Waals surface area contributed by atoms with E-state index in [1.807, 2.05) is 24.4 Å². The van der Waals surface area contributed by atoms with Gasteiger partial charge in [0.05, 0.1) is 13.0 Å². The monoisotopic (exact) mass is 332 g/mol. The maximum atomic E-state index is 12.1. The van der Waals surface area contributed by atoms with Gasteiger partial charge in [0.25, 0.3) is 5.88 Å². The molecule has 6 nitrogen and oxygen atoms in total. The fraction of sp³-hybridized carbons (Fsp3) is 0.438. The van der Waals surface area contributed by atoms with Gasteiger partial charge >= 0.3 is 0 Å². The van der Waals surface area contributed by atoms with Gasteiger partial charge < -0.3 is 15.0 Å². The number of aromatic nitrogens is 2. The standard InChI is InChI=1S/C16H20N4O2S/c1-2-22-16-15(17-6-7-18-16)20-8-5-12(11-20)19-14(21)10-13-4-3-9-23-13/h3-4,6-7,9,12H,2,5,8,10-11H2,1H3,(H,19,21)/t12-/m1/s1. The van der Waals surface area contributed by atoms with Crippen molar-refractivity contribution in [3.8, 4) is 5.88 Å². The van der Waals surface area contributed by atoms with Crippen LogP contribution in [0.5, 0.6) is 5.88 Å². The Bertz CT molecular complexity index is 647. The molecule has 122 valence electrons. The highest BCUT2D eigenvalue weighted by Gasteiger charge is 2.27. The lowest BCUT2D eigenvalue weighted by atomic mass is 10.2. The summed E-state index contributed by atoms with van der Waals surface area (Å²) in [4.78, 5) is 23.9. The maximum absolute atomic E-state index is 12.1. The number of ether oxygens (including phenoxy) is 1. The number of rotatable bonds is 6. The van der Waals surface area contributed by atoms with Gasteiger partial charge in [-0.15, -0.1) is 11.3 Å². The Morgan fingerprint density at radius 3 is 3.13 bits per heavy atom. The zero-order valence-corrected chi connectivity index (χ0v) is 13.9. The van der Waals surface area contributed by atoms with E-state index in [0.717, 1.165) is 30.2 Å². The van der Waals surface area contributed by atoms with Crippen LogP contribution in [0.25, 0.3) is 0 Å². The molecule has 0 aliphatic carbocycles. The van der Waals surface area contributed by atoms with Crippen LogP contribution < -0.4 is 15.0 Å². The topological polar surface area (TPSA) is 67.4 Å². The molecule has 1 aliphatic heterocycles. The largest absolute Gasteiger partial charge is 0.475 e. The van der Waals surface area contributed by atoms with Crippen LogP contribution in [0, 0.1) is 0 Å². The Hall–Kier alpha value is -2.15. The zero-order chi connectivity index (χ0) is 16.1. The Balaban J connectivity index is 1.57. The van der Waals surface area contributed by atoms with E-state index in [-0.39, 0.29) is 11.9 Å². The molecule has 3 rings (SSSR count). The quantitative estimate of drug-likeness (QED) is 0.875. The van der Waals surface area contributed by atoms with Crippen LogP contribution in [0.15, 0.2) is 29.9 Å². The van der Waals surface area contributed by atoms with Crippen molar-refractivity contribution in [1.29, 1.82) is 0 Å². The third kappa shape index (κ3) is 3.98. The molecular weight excluding hydrogens is 312 g/mol. The average molecular weight is 332 g/mol. The number of hydrogen-bond acceptors (Lipinski definition) is 6. The van der Waals surface area contributed by atoms with Gasteiger partial charge in [-0.25, -0.2) is 9.97 Å². The van der Waals surface area contributed by atoms with Crippen molar-refractivity contribution in [3.05, 3.63) is 34.8 Å². The smallest absolute Gasteiger partial charge is 0.257 e. The number of carbonyl (C=O) groups excluding carboxylic acids is 1. The predicted octanol–water partition coefficient (Wildman–Crippen LogP) is 1.87. The van der Waals surface area contributed by atoms with E-state index in [4.69, 9.17) is 4.74 Å². The zero-order valence-electron chi connectivity index (χ0n) is 13.1. The number of amides is 1. The minimum absolute atomic E-state index is 0.0727. The summed E-state index contributed by atoms with van der Waals surface area (Å²) in [6.07, 6.45) is 4.65. The highest BCUT2D eigenvalue weighted by molar-refractivity contribution is 7.10. The first-order chi connectivity index (χ1) is 11.3. The number of nitrogens with zero attached hydrogens (tertiary/aromatic N) is 3. The van der Waals surface area contributed by atoms with Gasteiger partial charge in [-0.05, 0) is 24.8 Å². The summed E-state index contributed by atoms with van der Waals surface area (Å²) in [5.74, 6) is 1.38. The Kier molecular flexibility index (Phi) is 5.07. The summed E-state index contributed by atoms with van der Waals surface area (Å²) in [7, 11) is 0. The van der Waals surface area contributed by atoms with Crippen molar-refractivity contribution >= 4 is 23.1 Å². The van der Waals surface area contributed by atoms with E-state index in [9.17, 15) is 4.79 Å². The molecule has 1 amide bonds. The molecule has 1 aliphatic rings. The van der Waals surface area contributed by atoms with Gasteiger partial charge in [-0.2, -0.15) is 0 Å². The minimum Gasteiger partial charge on any atom is -0.475 e. The summed E-state index contributed by atoms with van der Waals surface area (Å²) in [6, 6.07) is 4.09. The second-order valence-electron chi connectivity index (χ2n) is 5.37. The number of anilines is 1. The van der Waals surface area contributed by atoms with Crippen LogP contribution in [0.3, 0.4) is 0 Å². The third-order valence-electron chi connectivity index (χ3n) is 3.70. The Morgan fingerprint density at radius 2 is 2.35 bits per heavy atom. The number of thiophene rings is 1. The lowest BCUT2D eigenvalue weighted by Gasteiger charge is -2.19. The van der Waals surface area contributed by atoms with Gasteiger partial charge in [0.15, 0.2) is 5.82 Å². The summed E-state index contributed by atoms with van der Waals surface area (Å²) < 4.78 is 5.53. The molecule has 1 atom stereocenters. The molecular formula is C16H20N4O2S. The van der Waals surface area contributed by atoms with Crippen LogP contribution in [-0.4, -0.2) is 41.6 Å². The van der Waals surface area contributed by atoms with Gasteiger partial charge in [0.2, 0.25) is 5.91 Å². The molecule has 1 saturated heterocycles. The highest BCUT2D eigenvalue weighted by atomic mass is 32.1. The maximum Gasteiger partial charge on any atom is 0.257 e. The third-order valence-corrected chi connectivity index (χ3v) is 4.57. The van der Waals surface area contributed by atoms with E-state index in [1.54, 1.807) is 23.7 Å². The van der Waals surface area contributed by atoms with E-state index in [0.29, 0.717) is 18.9 Å². The number of hydrogen-bond donors (Lipinski definition) is 1. The number of carbonyl (C=O) groups is 1. The van der Waals surface area contributed by atoms with Crippen LogP contribution in [0.2, 0.25) is 0 Å². The van der Waals surface area contributed by atoms with Gasteiger partial charge in [-0.1, -0.05) is 6.07 Å². The highest BCUT2D eigenvalue weighted by Crippen LogP contribution is 2.26. The van der Waals surface area contributed by atoms with E-state index < -0.39 is 0 Å². The van der Waals surface area contributed by atoms with Crippen molar-refractivity contribution in [1.82, 2.24) is 15.3 Å². The Labute approximate surface area is 139 Å². The molecule has 0 radical (unpaired) electrons. The molecule has 1 N–H and O–H groups in total. The molecule has 23 heavy (non-hydrogen) atoms. The van der Waals surface area contributed by atoms with Crippen molar-refractivity contribution in [2.24, 2.45) is 0 Å². The van der Waals surface area contributed by atoms with Gasteiger partial charge in [-0.3, -0.25) is 4.79 Å². The van der Waals surface area contributed by atoms with Crippen LogP contribution in [0.1, 0.15) is 18.2 Å². The minimum atomic E-state index is 0.0727. The lowest BCUT2D eigenvalue weighted by Crippen LogP contribution is -2.38. The van der Waals surface area contributed by atoms with Crippen molar-refractivity contribution < 1.29 is 9.53 Å². The fourth-order valence-electron chi connectivity index (χ4n) is 2.69. The molecule has 2 aromatic heterocycles. The van der Waals surface area contributed by atoms with Crippen LogP contribution in [0.4, 0.5) is 5.82 Å². The van der Waals surface area contributed by atoms with Crippen molar-refractivity contribution in [2.45, 2.75) is 25.8 Å². The summed E-state index contributed by atoms with van der Waals surface area (Å²) >= 11 is 1.61. The van der Waals surface area contributed by atoms with Crippen LogP contribution in [-0.2, 0) is 11.2 Å². The van der Waals surface area contributed by atoms with E-state index in [2.05, 4.69) is 20.2 Å². The molecule has 7 heteroatoms. The molecule has 0 unspecified atom stereocenters. The molecule has 1 fully saturated rings. The van der Waals surface area contributed by atoms with Gasteiger partial charge in [0.1, 0.15) is 0 Å². The first-order valence-electron chi connectivity index (χ1n) is 7.76. The SMILES string of the molecule is CCOc1nccnc1N1CC[C@@H](NC(=O)Cc2cccs2)C1. The first-order valence-corrected chi connectivity index (χ1v) is 8.64. The average Bonchev–Trinajstić information content (AvgIpc) is 3.20. The molecule has 3 heterocycles. The predicted molar refractivity (Wildman–Crippen MR) is 90.0 cm³/mol. The molecule has 0 saturated carbocycles. The molecule has 0 bridgehead atoms. The normalized spacial score (nSPS) is 17.3. The fourth-order valence-corrected chi connectivity index (χ4v) is 3.40. The van der Waals surface area contributed by atoms with Crippen molar-refractivity contribution in [3.63, 3.8) is 0 Å². The summed E-state index contributed by atoms with van der Waals surface area (Å²) in [6.45, 7) is 4.05. The lowest BCUT2D eigenvalue weighted by molar-refractivity contribution is -0.120. The van der Waals surface area contributed by atoms with Crippen molar-refractivity contribution in [2.75, 3.05) is 24.6 Å². The Morgan fingerprint density at radius 1 is 1.48 bits per heavy atom. The van der Waals surface area contributed by atoms with Crippen LogP contribution >= 0.6 is 11.3 Å². The summed E-state index contributed by atoms with van der Waals surface area (Å²) in [5, 5.41) is 5.09. The molecule has 2 aromatic rings. The first kappa shape index (κ1) is 15.7.